The lowest BCUT2D eigenvalue weighted by molar-refractivity contribution is -0.127. The summed E-state index contributed by atoms with van der Waals surface area (Å²) in [6, 6.07) is 8.05. The van der Waals surface area contributed by atoms with E-state index in [1.807, 2.05) is 0 Å². The molecule has 1 aliphatic carbocycles. The number of likely N-dealkylation sites (tertiary alicyclic amines) is 1. The highest BCUT2D eigenvalue weighted by molar-refractivity contribution is 5.81. The van der Waals surface area contributed by atoms with Gasteiger partial charge in [0.05, 0.1) is 12.0 Å². The number of aryl methyl sites for hydroxylation is 1. The van der Waals surface area contributed by atoms with Crippen molar-refractivity contribution in [1.82, 2.24) is 10.2 Å². The minimum atomic E-state index is -0.431. The Labute approximate surface area is 137 Å². The minimum Gasteiger partial charge on any atom is -0.351 e. The molecule has 2 atom stereocenters. The number of nitrogens with one attached hydrogen (secondary N) is 1. The summed E-state index contributed by atoms with van der Waals surface area (Å²) >= 11 is 0. The van der Waals surface area contributed by atoms with Crippen molar-refractivity contribution < 1.29 is 9.59 Å². The number of hydrogen-bond acceptors (Lipinski definition) is 2. The summed E-state index contributed by atoms with van der Waals surface area (Å²) in [6.45, 7) is 3.16. The fourth-order valence-corrected chi connectivity index (χ4v) is 3.34. The number of nitrogens with two attached hydrogens (primary N) is 1. The van der Waals surface area contributed by atoms with Crippen LogP contribution >= 0.6 is 0 Å². The zero-order valence-electron chi connectivity index (χ0n) is 13.6. The number of benzene rings is 1. The highest BCUT2D eigenvalue weighted by Crippen LogP contribution is 2.41. The van der Waals surface area contributed by atoms with Gasteiger partial charge in [-0.1, -0.05) is 29.8 Å². The second kappa shape index (κ2) is 6.60. The van der Waals surface area contributed by atoms with Crippen LogP contribution in [0, 0.1) is 18.8 Å². The summed E-state index contributed by atoms with van der Waals surface area (Å²) in [5, 5.41) is 3.23. The number of amides is 3. The van der Waals surface area contributed by atoms with E-state index in [9.17, 15) is 9.59 Å². The summed E-state index contributed by atoms with van der Waals surface area (Å²) in [4.78, 5) is 25.6. The molecule has 0 aromatic heterocycles. The third-order valence-corrected chi connectivity index (χ3v) is 4.93. The van der Waals surface area contributed by atoms with E-state index in [2.05, 4.69) is 36.5 Å². The van der Waals surface area contributed by atoms with Gasteiger partial charge in [-0.15, -0.1) is 0 Å². The summed E-state index contributed by atoms with van der Waals surface area (Å²) in [5.74, 6) is 0.439. The van der Waals surface area contributed by atoms with Crippen molar-refractivity contribution >= 4 is 11.9 Å². The zero-order chi connectivity index (χ0) is 16.4. The molecule has 2 unspecified atom stereocenters. The predicted molar refractivity (Wildman–Crippen MR) is 88.7 cm³/mol. The standard InChI is InChI=1S/C18H25N3O2/c1-12-4-6-13(7-5-12)16(14-8-9-14)20-17(22)15-3-2-10-21(11-15)18(19)23/h4-7,14-16H,2-3,8-11H2,1H3,(H2,19,23)(H,20,22). The van der Waals surface area contributed by atoms with Gasteiger partial charge in [0.1, 0.15) is 0 Å². The van der Waals surface area contributed by atoms with Crippen molar-refractivity contribution in [2.45, 2.75) is 38.6 Å². The SMILES string of the molecule is Cc1ccc(C(NC(=O)C2CCCN(C(N)=O)C2)C2CC2)cc1. The van der Waals surface area contributed by atoms with Crippen LogP contribution in [0.2, 0.25) is 0 Å². The van der Waals surface area contributed by atoms with Crippen LogP contribution < -0.4 is 11.1 Å². The number of nitrogens with zero attached hydrogens (tertiary/aromatic N) is 1. The van der Waals surface area contributed by atoms with E-state index in [0.717, 1.165) is 25.7 Å². The van der Waals surface area contributed by atoms with Gasteiger partial charge in [0.2, 0.25) is 5.91 Å². The summed E-state index contributed by atoms with van der Waals surface area (Å²) < 4.78 is 0. The Morgan fingerprint density at radius 1 is 1.22 bits per heavy atom. The molecule has 3 N–H and O–H groups in total. The molecule has 5 heteroatoms. The van der Waals surface area contributed by atoms with E-state index in [1.54, 1.807) is 4.90 Å². The average molecular weight is 315 g/mol. The second-order valence-electron chi connectivity index (χ2n) is 6.86. The van der Waals surface area contributed by atoms with Gasteiger partial charge in [0.25, 0.3) is 0 Å². The molecule has 2 fully saturated rings. The largest absolute Gasteiger partial charge is 0.351 e. The van der Waals surface area contributed by atoms with Gasteiger partial charge in [-0.05, 0) is 44.1 Å². The summed E-state index contributed by atoms with van der Waals surface area (Å²) in [5.41, 5.74) is 7.75. The molecule has 0 spiro atoms. The van der Waals surface area contributed by atoms with Crippen molar-refractivity contribution in [3.05, 3.63) is 35.4 Å². The number of carbonyl (C=O) groups excluding carboxylic acids is 2. The molecular weight excluding hydrogens is 290 g/mol. The Morgan fingerprint density at radius 3 is 2.52 bits per heavy atom. The maximum Gasteiger partial charge on any atom is 0.314 e. The Kier molecular flexibility index (Phi) is 4.55. The Balaban J connectivity index is 1.66. The molecule has 1 aromatic rings. The summed E-state index contributed by atoms with van der Waals surface area (Å²) in [6.07, 6.45) is 3.98. The fourth-order valence-electron chi connectivity index (χ4n) is 3.34. The summed E-state index contributed by atoms with van der Waals surface area (Å²) in [7, 11) is 0. The van der Waals surface area contributed by atoms with Crippen LogP contribution in [0.4, 0.5) is 4.79 Å². The quantitative estimate of drug-likeness (QED) is 0.895. The van der Waals surface area contributed by atoms with Crippen molar-refractivity contribution in [2.75, 3.05) is 13.1 Å². The smallest absolute Gasteiger partial charge is 0.314 e. The number of carbonyl (C=O) groups is 2. The van der Waals surface area contributed by atoms with Gasteiger partial charge in [-0.25, -0.2) is 4.79 Å². The van der Waals surface area contributed by atoms with E-state index in [-0.39, 0.29) is 17.9 Å². The van der Waals surface area contributed by atoms with Crippen LogP contribution in [0.15, 0.2) is 24.3 Å². The lowest BCUT2D eigenvalue weighted by atomic mass is 9.95. The molecule has 0 radical (unpaired) electrons. The molecule has 5 nitrogen and oxygen atoms in total. The van der Waals surface area contributed by atoms with Crippen LogP contribution in [0.1, 0.15) is 42.9 Å². The lowest BCUT2D eigenvalue weighted by Gasteiger charge is -2.32. The van der Waals surface area contributed by atoms with Crippen molar-refractivity contribution in [3.63, 3.8) is 0 Å². The topological polar surface area (TPSA) is 75.4 Å². The van der Waals surface area contributed by atoms with E-state index >= 15 is 0 Å². The number of primary amides is 1. The van der Waals surface area contributed by atoms with E-state index in [4.69, 9.17) is 5.73 Å². The molecule has 2 aliphatic rings. The number of rotatable bonds is 4. The van der Waals surface area contributed by atoms with Crippen LogP contribution in [0.25, 0.3) is 0 Å². The molecule has 23 heavy (non-hydrogen) atoms. The maximum absolute atomic E-state index is 12.7. The lowest BCUT2D eigenvalue weighted by Crippen LogP contribution is -2.48. The first-order chi connectivity index (χ1) is 11.0. The average Bonchev–Trinajstić information content (AvgIpc) is 3.38. The molecule has 124 valence electrons. The Bertz CT molecular complexity index is 580. The molecule has 1 heterocycles. The minimum absolute atomic E-state index is 0.0495. The first-order valence-electron chi connectivity index (χ1n) is 8.46. The fraction of sp³-hybridized carbons (Fsp3) is 0.556. The highest BCUT2D eigenvalue weighted by Gasteiger charge is 2.35. The molecule has 3 rings (SSSR count). The van der Waals surface area contributed by atoms with Crippen molar-refractivity contribution in [2.24, 2.45) is 17.6 Å². The van der Waals surface area contributed by atoms with Crippen molar-refractivity contribution in [3.8, 4) is 0 Å². The van der Waals surface area contributed by atoms with E-state index in [0.29, 0.717) is 19.0 Å². The third-order valence-electron chi connectivity index (χ3n) is 4.93. The number of hydrogen-bond donors (Lipinski definition) is 2. The van der Waals surface area contributed by atoms with Gasteiger partial charge in [0.15, 0.2) is 0 Å². The monoisotopic (exact) mass is 315 g/mol. The second-order valence-corrected chi connectivity index (χ2v) is 6.86. The molecule has 1 aliphatic heterocycles. The van der Waals surface area contributed by atoms with E-state index < -0.39 is 6.03 Å². The molecule has 0 bridgehead atoms. The number of piperidine rings is 1. The van der Waals surface area contributed by atoms with Gasteiger partial charge < -0.3 is 16.0 Å². The first-order valence-corrected chi connectivity index (χ1v) is 8.46. The molecule has 1 aromatic carbocycles. The molecule has 3 amide bonds. The highest BCUT2D eigenvalue weighted by atomic mass is 16.2. The molecule has 1 saturated heterocycles. The molecular formula is C18H25N3O2. The van der Waals surface area contributed by atoms with Gasteiger partial charge in [-0.3, -0.25) is 4.79 Å². The third kappa shape index (κ3) is 3.84. The first kappa shape index (κ1) is 15.8. The van der Waals surface area contributed by atoms with Crippen LogP contribution in [-0.4, -0.2) is 29.9 Å². The normalized spacial score (nSPS) is 22.5. The van der Waals surface area contributed by atoms with Gasteiger partial charge in [-0.2, -0.15) is 0 Å². The van der Waals surface area contributed by atoms with Gasteiger partial charge >= 0.3 is 6.03 Å². The maximum atomic E-state index is 12.7. The van der Waals surface area contributed by atoms with Gasteiger partial charge in [0, 0.05) is 13.1 Å². The predicted octanol–water partition coefficient (Wildman–Crippen LogP) is 2.35. The Hall–Kier alpha value is -2.04. The van der Waals surface area contributed by atoms with Crippen molar-refractivity contribution in [1.29, 1.82) is 0 Å². The number of urea groups is 1. The molecule has 1 saturated carbocycles. The Morgan fingerprint density at radius 2 is 1.91 bits per heavy atom. The van der Waals surface area contributed by atoms with Crippen LogP contribution in [0.5, 0.6) is 0 Å². The zero-order valence-corrected chi connectivity index (χ0v) is 13.6. The van der Waals surface area contributed by atoms with Crippen LogP contribution in [0.3, 0.4) is 0 Å². The van der Waals surface area contributed by atoms with E-state index in [1.165, 1.54) is 11.1 Å². The van der Waals surface area contributed by atoms with Crippen LogP contribution in [-0.2, 0) is 4.79 Å².